The first kappa shape index (κ1) is 32.0. The number of hydrogen-bond donors (Lipinski definition) is 0. The molecule has 0 aliphatic rings. The number of hydrogen-bond acceptors (Lipinski definition) is 4. The zero-order chi connectivity index (χ0) is 29.1. The zero-order valence-corrected chi connectivity index (χ0v) is 25.1. The molecule has 0 fully saturated rings. The topological polar surface area (TPSA) is 44.8 Å². The smallest absolute Gasteiger partial charge is 0.343 e. The van der Waals surface area contributed by atoms with Crippen molar-refractivity contribution in [3.8, 4) is 28.4 Å². The van der Waals surface area contributed by atoms with Crippen LogP contribution in [0.25, 0.3) is 11.1 Å². The summed E-state index contributed by atoms with van der Waals surface area (Å²) in [5, 5.41) is 0. The molecule has 0 amide bonds. The molecule has 0 unspecified atom stereocenters. The molecule has 0 heterocycles. The van der Waals surface area contributed by atoms with Crippen LogP contribution in [0, 0.1) is 0 Å². The average molecular weight is 557 g/mol. The summed E-state index contributed by atoms with van der Waals surface area (Å²) in [6.07, 6.45) is 16.7. The third-order valence-corrected chi connectivity index (χ3v) is 7.22. The maximum atomic E-state index is 12.6. The van der Waals surface area contributed by atoms with Crippen LogP contribution in [0.3, 0.4) is 0 Å². The van der Waals surface area contributed by atoms with Crippen LogP contribution in [0.1, 0.15) is 101 Å². The Balaban J connectivity index is 1.39. The van der Waals surface area contributed by atoms with Crippen LogP contribution in [0.15, 0.2) is 85.5 Å². The van der Waals surface area contributed by atoms with E-state index >= 15 is 0 Å². The van der Waals surface area contributed by atoms with Crippen LogP contribution < -0.4 is 14.2 Å². The highest BCUT2D eigenvalue weighted by molar-refractivity contribution is 5.91. The molecule has 0 saturated carbocycles. The van der Waals surface area contributed by atoms with E-state index in [0.717, 1.165) is 41.9 Å². The molecule has 1 atom stereocenters. The molecular weight excluding hydrogens is 508 g/mol. The lowest BCUT2D eigenvalue weighted by atomic mass is 10.1. The Bertz CT molecular complexity index is 1130. The van der Waals surface area contributed by atoms with Crippen molar-refractivity contribution in [3.63, 3.8) is 0 Å². The van der Waals surface area contributed by atoms with Crippen LogP contribution >= 0.6 is 0 Å². The van der Waals surface area contributed by atoms with Gasteiger partial charge >= 0.3 is 5.97 Å². The molecular formula is C37H48O4. The zero-order valence-electron chi connectivity index (χ0n) is 25.1. The Labute approximate surface area is 247 Å². The van der Waals surface area contributed by atoms with Gasteiger partial charge in [0.15, 0.2) is 0 Å². The Morgan fingerprint density at radius 2 is 1.27 bits per heavy atom. The van der Waals surface area contributed by atoms with Crippen LogP contribution in [0.4, 0.5) is 0 Å². The van der Waals surface area contributed by atoms with Crippen molar-refractivity contribution >= 4 is 5.97 Å². The number of esters is 1. The molecule has 0 saturated heterocycles. The van der Waals surface area contributed by atoms with Gasteiger partial charge in [0.1, 0.15) is 17.2 Å². The lowest BCUT2D eigenvalue weighted by Crippen LogP contribution is -2.11. The minimum Gasteiger partial charge on any atom is -0.494 e. The summed E-state index contributed by atoms with van der Waals surface area (Å²) in [7, 11) is 0. The molecule has 0 aliphatic heterocycles. The Morgan fingerprint density at radius 3 is 1.90 bits per heavy atom. The molecule has 4 heteroatoms. The fraction of sp³-hybridized carbons (Fsp3) is 0.432. The minimum absolute atomic E-state index is 0.216. The van der Waals surface area contributed by atoms with Gasteiger partial charge in [0, 0.05) is 0 Å². The van der Waals surface area contributed by atoms with Crippen molar-refractivity contribution in [2.24, 2.45) is 0 Å². The quantitative estimate of drug-likeness (QED) is 0.0601. The molecule has 0 bridgehead atoms. The summed E-state index contributed by atoms with van der Waals surface area (Å²) in [4.78, 5) is 12.6. The molecule has 0 aromatic heterocycles. The molecule has 4 nitrogen and oxygen atoms in total. The summed E-state index contributed by atoms with van der Waals surface area (Å²) < 4.78 is 17.5. The highest BCUT2D eigenvalue weighted by Gasteiger charge is 2.10. The first-order valence-electron chi connectivity index (χ1n) is 15.5. The lowest BCUT2D eigenvalue weighted by molar-refractivity contribution is 0.0734. The van der Waals surface area contributed by atoms with Crippen molar-refractivity contribution in [1.82, 2.24) is 0 Å². The van der Waals surface area contributed by atoms with Gasteiger partial charge in [-0.25, -0.2) is 4.79 Å². The summed E-state index contributed by atoms with van der Waals surface area (Å²) in [5.41, 5.74) is 2.64. The predicted molar refractivity (Wildman–Crippen MR) is 170 cm³/mol. The van der Waals surface area contributed by atoms with Crippen molar-refractivity contribution in [2.75, 3.05) is 6.61 Å². The molecule has 3 aromatic carbocycles. The number of unbranched alkanes of at least 4 members (excludes halogenated alkanes) is 9. The van der Waals surface area contributed by atoms with Crippen LogP contribution in [0.5, 0.6) is 17.2 Å². The molecule has 0 aliphatic carbocycles. The second kappa shape index (κ2) is 18.7. The Hall–Kier alpha value is -3.53. The Kier molecular flexibility index (Phi) is 14.6. The Morgan fingerprint density at radius 1 is 0.707 bits per heavy atom. The maximum Gasteiger partial charge on any atom is 0.343 e. The van der Waals surface area contributed by atoms with Gasteiger partial charge < -0.3 is 14.2 Å². The molecule has 0 spiro atoms. The van der Waals surface area contributed by atoms with E-state index in [9.17, 15) is 4.79 Å². The monoisotopic (exact) mass is 556 g/mol. The van der Waals surface area contributed by atoms with E-state index in [1.165, 1.54) is 57.8 Å². The summed E-state index contributed by atoms with van der Waals surface area (Å²) in [6.45, 7) is 8.82. The predicted octanol–water partition coefficient (Wildman–Crippen LogP) is 10.6. The standard InChI is InChI=1S/C37H48O4/c1-4-6-8-10-11-12-13-15-29-39-34-23-21-33(22-24-34)37(38)41-36-27-19-32(20-28-36)31-17-25-35(26-18-31)40-30(3)16-14-9-7-5-2/h4,17-28,30H,1,5-16,29H2,2-3H3/t30-/m0/s1. The van der Waals surface area contributed by atoms with Gasteiger partial charge in [0.25, 0.3) is 0 Å². The molecule has 3 aromatic rings. The van der Waals surface area contributed by atoms with E-state index in [-0.39, 0.29) is 12.1 Å². The van der Waals surface area contributed by atoms with Gasteiger partial charge in [0.05, 0.1) is 18.3 Å². The lowest BCUT2D eigenvalue weighted by Gasteiger charge is -2.15. The van der Waals surface area contributed by atoms with Crippen LogP contribution in [0.2, 0.25) is 0 Å². The van der Waals surface area contributed by atoms with E-state index in [1.54, 1.807) is 12.1 Å². The van der Waals surface area contributed by atoms with Crippen molar-refractivity contribution < 1.29 is 19.0 Å². The first-order chi connectivity index (χ1) is 20.1. The molecule has 0 N–H and O–H groups in total. The second-order valence-electron chi connectivity index (χ2n) is 10.8. The maximum absolute atomic E-state index is 12.6. The molecule has 0 radical (unpaired) electrons. The number of allylic oxidation sites excluding steroid dienone is 1. The highest BCUT2D eigenvalue weighted by Crippen LogP contribution is 2.26. The van der Waals surface area contributed by atoms with E-state index in [2.05, 4.69) is 32.6 Å². The van der Waals surface area contributed by atoms with E-state index < -0.39 is 0 Å². The third kappa shape index (κ3) is 12.3. The normalized spacial score (nSPS) is 11.6. The van der Waals surface area contributed by atoms with Crippen molar-refractivity contribution in [3.05, 3.63) is 91.0 Å². The van der Waals surface area contributed by atoms with Gasteiger partial charge in [-0.1, -0.05) is 82.2 Å². The van der Waals surface area contributed by atoms with Gasteiger partial charge in [0.2, 0.25) is 0 Å². The van der Waals surface area contributed by atoms with Crippen LogP contribution in [-0.4, -0.2) is 18.7 Å². The SMILES string of the molecule is C=CCCCCCCCCOc1ccc(C(=O)Oc2ccc(-c3ccc(O[C@@H](C)CCCCCC)cc3)cc2)cc1. The van der Waals surface area contributed by atoms with E-state index in [0.29, 0.717) is 17.9 Å². The van der Waals surface area contributed by atoms with Crippen molar-refractivity contribution in [2.45, 2.75) is 97.0 Å². The number of carbonyl (C=O) groups excluding carboxylic acids is 1. The van der Waals surface area contributed by atoms with Crippen LogP contribution in [-0.2, 0) is 0 Å². The summed E-state index contributed by atoms with van der Waals surface area (Å²) >= 11 is 0. The first-order valence-corrected chi connectivity index (χ1v) is 15.5. The molecule has 41 heavy (non-hydrogen) atoms. The number of rotatable bonds is 20. The fourth-order valence-electron chi connectivity index (χ4n) is 4.73. The highest BCUT2D eigenvalue weighted by atomic mass is 16.5. The van der Waals surface area contributed by atoms with E-state index in [1.807, 2.05) is 54.6 Å². The molecule has 3 rings (SSSR count). The number of carbonyl (C=O) groups is 1. The minimum atomic E-state index is -0.383. The summed E-state index contributed by atoms with van der Waals surface area (Å²) in [5.74, 6) is 1.80. The number of ether oxygens (including phenoxy) is 3. The third-order valence-electron chi connectivity index (χ3n) is 7.22. The largest absolute Gasteiger partial charge is 0.494 e. The van der Waals surface area contributed by atoms with Gasteiger partial charge in [-0.2, -0.15) is 0 Å². The molecule has 220 valence electrons. The van der Waals surface area contributed by atoms with Gasteiger partial charge in [-0.15, -0.1) is 6.58 Å². The summed E-state index contributed by atoms with van der Waals surface area (Å²) in [6, 6.07) is 22.9. The van der Waals surface area contributed by atoms with Crippen molar-refractivity contribution in [1.29, 1.82) is 0 Å². The number of benzene rings is 3. The van der Waals surface area contributed by atoms with Gasteiger partial charge in [-0.3, -0.25) is 0 Å². The second-order valence-corrected chi connectivity index (χ2v) is 10.8. The fourth-order valence-corrected chi connectivity index (χ4v) is 4.73. The van der Waals surface area contributed by atoms with Gasteiger partial charge in [-0.05, 0) is 98.7 Å². The van der Waals surface area contributed by atoms with E-state index in [4.69, 9.17) is 14.2 Å². The average Bonchev–Trinajstić information content (AvgIpc) is 2.99.